The Labute approximate surface area is 154 Å². The predicted molar refractivity (Wildman–Crippen MR) is 96.1 cm³/mol. The Hall–Kier alpha value is -2.81. The third-order valence-electron chi connectivity index (χ3n) is 3.33. The predicted octanol–water partition coefficient (Wildman–Crippen LogP) is 0.902. The largest absolute Gasteiger partial charge is 0.496 e. The maximum atomic E-state index is 12.0. The van der Waals surface area contributed by atoms with Gasteiger partial charge in [-0.3, -0.25) is 14.4 Å². The Bertz CT molecular complexity index is 837. The number of nitrogens with one attached hydrogen (secondary N) is 2. The molecule has 1 heterocycles. The topological polar surface area (TPSA) is 110 Å². The summed E-state index contributed by atoms with van der Waals surface area (Å²) in [6, 6.07) is 8.62. The summed E-state index contributed by atoms with van der Waals surface area (Å²) in [6.45, 7) is 0.329. The second kappa shape index (κ2) is 9.62. The highest BCUT2D eigenvalue weighted by Gasteiger charge is 2.10. The van der Waals surface area contributed by atoms with Gasteiger partial charge in [-0.15, -0.1) is 0 Å². The van der Waals surface area contributed by atoms with Gasteiger partial charge in [0.1, 0.15) is 5.75 Å². The van der Waals surface area contributed by atoms with E-state index in [0.717, 1.165) is 17.3 Å². The molecule has 0 aliphatic rings. The maximum Gasteiger partial charge on any atom is 0.311 e. The molecule has 0 spiro atoms. The summed E-state index contributed by atoms with van der Waals surface area (Å²) < 4.78 is 9.78. The smallest absolute Gasteiger partial charge is 0.311 e. The van der Waals surface area contributed by atoms with Crippen LogP contribution in [0.2, 0.25) is 0 Å². The number of hydrogen-bond acceptors (Lipinski definition) is 7. The summed E-state index contributed by atoms with van der Waals surface area (Å²) in [4.78, 5) is 41.6. The molecule has 0 fully saturated rings. The van der Waals surface area contributed by atoms with E-state index < -0.39 is 11.5 Å². The second-order valence-electron chi connectivity index (χ2n) is 5.17. The molecule has 138 valence electrons. The van der Waals surface area contributed by atoms with Crippen LogP contribution in [0.5, 0.6) is 5.75 Å². The van der Waals surface area contributed by atoms with E-state index in [2.05, 4.69) is 20.0 Å². The van der Waals surface area contributed by atoms with Crippen LogP contribution in [-0.2, 0) is 27.3 Å². The number of benzene rings is 1. The number of methoxy groups -OCH3 is 2. The third kappa shape index (κ3) is 5.92. The van der Waals surface area contributed by atoms with Crippen LogP contribution in [0.4, 0.5) is 0 Å². The van der Waals surface area contributed by atoms with E-state index in [0.29, 0.717) is 12.3 Å². The fourth-order valence-electron chi connectivity index (χ4n) is 2.09. The highest BCUT2D eigenvalue weighted by atomic mass is 32.2. The molecule has 0 bridgehead atoms. The molecule has 2 N–H and O–H groups in total. The lowest BCUT2D eigenvalue weighted by molar-refractivity contribution is -0.139. The van der Waals surface area contributed by atoms with Crippen molar-refractivity contribution in [2.75, 3.05) is 20.0 Å². The molecule has 26 heavy (non-hydrogen) atoms. The molecule has 0 unspecified atom stereocenters. The van der Waals surface area contributed by atoms with E-state index in [1.165, 1.54) is 13.2 Å². The van der Waals surface area contributed by atoms with Crippen molar-refractivity contribution in [1.82, 2.24) is 15.3 Å². The molecule has 9 heteroatoms. The normalized spacial score (nSPS) is 10.2. The number of carbonyl (C=O) groups is 2. The van der Waals surface area contributed by atoms with Gasteiger partial charge in [0.05, 0.1) is 32.1 Å². The molecule has 0 saturated heterocycles. The van der Waals surface area contributed by atoms with Crippen LogP contribution < -0.4 is 15.6 Å². The van der Waals surface area contributed by atoms with Gasteiger partial charge in [0.15, 0.2) is 5.16 Å². The molecule has 0 aliphatic heterocycles. The van der Waals surface area contributed by atoms with Crippen LogP contribution in [0.25, 0.3) is 0 Å². The number of aromatic amines is 1. The molecule has 0 atom stereocenters. The fourth-order valence-corrected chi connectivity index (χ4v) is 2.81. The molecule has 1 amide bonds. The number of rotatable bonds is 8. The lowest BCUT2D eigenvalue weighted by Crippen LogP contribution is -2.25. The molecule has 0 aliphatic carbocycles. The minimum Gasteiger partial charge on any atom is -0.496 e. The number of ether oxygens (including phenoxy) is 2. The Morgan fingerprint density at radius 2 is 2.04 bits per heavy atom. The summed E-state index contributed by atoms with van der Waals surface area (Å²) in [6.07, 6.45) is -0.103. The van der Waals surface area contributed by atoms with Crippen LogP contribution in [0.3, 0.4) is 0 Å². The van der Waals surface area contributed by atoms with Crippen molar-refractivity contribution < 1.29 is 19.1 Å². The molecule has 0 radical (unpaired) electrons. The number of thioether (sulfide) groups is 1. The number of carbonyl (C=O) groups excluding carboxylic acids is 2. The lowest BCUT2D eigenvalue weighted by atomic mass is 10.2. The number of nitrogens with zero attached hydrogens (tertiary/aromatic N) is 1. The first kappa shape index (κ1) is 19.5. The first-order valence-electron chi connectivity index (χ1n) is 7.70. The average Bonchev–Trinajstić information content (AvgIpc) is 2.64. The first-order valence-corrected chi connectivity index (χ1v) is 8.69. The molecule has 1 aromatic carbocycles. The Morgan fingerprint density at radius 1 is 1.27 bits per heavy atom. The zero-order chi connectivity index (χ0) is 18.9. The first-order chi connectivity index (χ1) is 12.5. The molecule has 1 aromatic heterocycles. The Morgan fingerprint density at radius 3 is 2.77 bits per heavy atom. The molecular weight excluding hydrogens is 358 g/mol. The van der Waals surface area contributed by atoms with Crippen molar-refractivity contribution in [2.24, 2.45) is 0 Å². The summed E-state index contributed by atoms with van der Waals surface area (Å²) in [5, 5.41) is 3.05. The number of hydrogen-bond donors (Lipinski definition) is 2. The van der Waals surface area contributed by atoms with Crippen LogP contribution in [0.15, 0.2) is 40.3 Å². The van der Waals surface area contributed by atoms with Crippen molar-refractivity contribution >= 4 is 23.6 Å². The van der Waals surface area contributed by atoms with E-state index >= 15 is 0 Å². The van der Waals surface area contributed by atoms with E-state index in [1.807, 2.05) is 24.3 Å². The minimum absolute atomic E-state index is 0.0692. The number of amides is 1. The van der Waals surface area contributed by atoms with Gasteiger partial charge in [-0.25, -0.2) is 4.98 Å². The number of para-hydroxylation sites is 1. The monoisotopic (exact) mass is 377 g/mol. The van der Waals surface area contributed by atoms with Crippen molar-refractivity contribution in [1.29, 1.82) is 0 Å². The molecular formula is C17H19N3O5S. The van der Waals surface area contributed by atoms with E-state index in [4.69, 9.17) is 4.74 Å². The minimum atomic E-state index is -0.492. The van der Waals surface area contributed by atoms with E-state index in [-0.39, 0.29) is 28.9 Å². The third-order valence-corrected chi connectivity index (χ3v) is 4.21. The lowest BCUT2D eigenvalue weighted by Gasteiger charge is -2.09. The van der Waals surface area contributed by atoms with Gasteiger partial charge in [-0.2, -0.15) is 0 Å². The molecule has 2 aromatic rings. The average molecular weight is 377 g/mol. The second-order valence-corrected chi connectivity index (χ2v) is 6.14. The quantitative estimate of drug-likeness (QED) is 0.399. The van der Waals surface area contributed by atoms with Crippen LogP contribution in [0, 0.1) is 0 Å². The standard InChI is InChI=1S/C17H19N3O5S/c1-24-13-6-4-3-5-11(13)9-18-15(22)10-26-17-19-12(7-14(21)20-17)8-16(23)25-2/h3-7H,8-10H2,1-2H3,(H,18,22)(H,19,20,21). The van der Waals surface area contributed by atoms with Crippen LogP contribution in [-0.4, -0.2) is 41.8 Å². The fraction of sp³-hybridized carbons (Fsp3) is 0.294. The summed E-state index contributed by atoms with van der Waals surface area (Å²) in [7, 11) is 2.83. The van der Waals surface area contributed by atoms with Gasteiger partial charge >= 0.3 is 5.97 Å². The van der Waals surface area contributed by atoms with Gasteiger partial charge < -0.3 is 19.8 Å². The van der Waals surface area contributed by atoms with Gasteiger partial charge in [0.2, 0.25) is 5.91 Å². The van der Waals surface area contributed by atoms with Gasteiger partial charge in [0.25, 0.3) is 5.56 Å². The van der Waals surface area contributed by atoms with Crippen molar-refractivity contribution in [3.05, 3.63) is 51.9 Å². The number of esters is 1. The van der Waals surface area contributed by atoms with Gasteiger partial charge in [-0.1, -0.05) is 30.0 Å². The number of aromatic nitrogens is 2. The van der Waals surface area contributed by atoms with Crippen molar-refractivity contribution in [3.63, 3.8) is 0 Å². The highest BCUT2D eigenvalue weighted by molar-refractivity contribution is 7.99. The Kier molecular flexibility index (Phi) is 7.22. The summed E-state index contributed by atoms with van der Waals surface area (Å²) >= 11 is 1.07. The summed E-state index contributed by atoms with van der Waals surface area (Å²) in [5.41, 5.74) is 0.758. The molecule has 0 saturated carbocycles. The van der Waals surface area contributed by atoms with Crippen molar-refractivity contribution in [2.45, 2.75) is 18.1 Å². The molecule has 2 rings (SSSR count). The van der Waals surface area contributed by atoms with Gasteiger partial charge in [-0.05, 0) is 6.07 Å². The van der Waals surface area contributed by atoms with E-state index in [9.17, 15) is 14.4 Å². The van der Waals surface area contributed by atoms with Crippen molar-refractivity contribution in [3.8, 4) is 5.75 Å². The Balaban J connectivity index is 1.90. The van der Waals surface area contributed by atoms with Crippen LogP contribution >= 0.6 is 11.8 Å². The van der Waals surface area contributed by atoms with Crippen LogP contribution in [0.1, 0.15) is 11.3 Å². The SMILES string of the molecule is COC(=O)Cc1cc(=O)[nH]c(SCC(=O)NCc2ccccc2OC)n1. The molecule has 8 nitrogen and oxygen atoms in total. The zero-order valence-corrected chi connectivity index (χ0v) is 15.2. The maximum absolute atomic E-state index is 12.0. The number of H-pyrrole nitrogens is 1. The highest BCUT2D eigenvalue weighted by Crippen LogP contribution is 2.17. The summed E-state index contributed by atoms with van der Waals surface area (Å²) in [5.74, 6) is 0.0530. The zero-order valence-electron chi connectivity index (χ0n) is 14.4. The van der Waals surface area contributed by atoms with Gasteiger partial charge in [0, 0.05) is 18.2 Å². The van der Waals surface area contributed by atoms with E-state index in [1.54, 1.807) is 7.11 Å².